The lowest BCUT2D eigenvalue weighted by Gasteiger charge is -2.40. The number of aryl methyl sites for hydroxylation is 1. The van der Waals surface area contributed by atoms with Crippen molar-refractivity contribution in [3.05, 3.63) is 47.7 Å². The van der Waals surface area contributed by atoms with Crippen LogP contribution in [-0.2, 0) is 20.7 Å². The van der Waals surface area contributed by atoms with Crippen LogP contribution in [0.1, 0.15) is 51.5 Å². The number of hydrogen-bond acceptors (Lipinski definition) is 4. The van der Waals surface area contributed by atoms with Crippen LogP contribution in [0, 0.1) is 5.41 Å². The Bertz CT molecular complexity index is 817. The fourth-order valence-electron chi connectivity index (χ4n) is 5.34. The van der Waals surface area contributed by atoms with E-state index in [4.69, 9.17) is 4.74 Å². The summed E-state index contributed by atoms with van der Waals surface area (Å²) in [6, 6.07) is 10.7. The maximum absolute atomic E-state index is 13.0. The van der Waals surface area contributed by atoms with Crippen LogP contribution in [0.25, 0.3) is 0 Å². The molecule has 0 saturated carbocycles. The smallest absolute Gasteiger partial charge is 0.289 e. The Kier molecular flexibility index (Phi) is 6.01. The molecule has 0 radical (unpaired) electrons. The normalized spacial score (nSPS) is 26.5. The van der Waals surface area contributed by atoms with E-state index < -0.39 is 5.60 Å². The second-order valence-electron chi connectivity index (χ2n) is 9.96. The van der Waals surface area contributed by atoms with E-state index in [1.54, 1.807) is 0 Å². The van der Waals surface area contributed by atoms with Gasteiger partial charge in [-0.2, -0.15) is 0 Å². The highest BCUT2D eigenvalue weighted by Crippen LogP contribution is 2.40. The van der Waals surface area contributed by atoms with Crippen LogP contribution in [-0.4, -0.2) is 59.8 Å². The highest BCUT2D eigenvalue weighted by Gasteiger charge is 2.44. The lowest BCUT2D eigenvalue weighted by molar-refractivity contribution is -0.137. The quantitative estimate of drug-likeness (QED) is 0.744. The lowest BCUT2D eigenvalue weighted by Crippen LogP contribution is -2.46. The first-order chi connectivity index (χ1) is 14.3. The second kappa shape index (κ2) is 8.54. The molecule has 162 valence electrons. The fraction of sp³-hybridized carbons (Fsp3) is 0.600. The van der Waals surface area contributed by atoms with Gasteiger partial charge in [-0.05, 0) is 64.6 Å². The summed E-state index contributed by atoms with van der Waals surface area (Å²) in [4.78, 5) is 29.6. The van der Waals surface area contributed by atoms with Gasteiger partial charge >= 0.3 is 0 Å². The zero-order chi connectivity index (χ0) is 21.2. The van der Waals surface area contributed by atoms with Crippen molar-refractivity contribution in [3.8, 4) is 0 Å². The van der Waals surface area contributed by atoms with Gasteiger partial charge in [-0.25, -0.2) is 0 Å². The number of nitrogens with zero attached hydrogens (tertiary/aromatic N) is 2. The number of amides is 1. The molecular formula is C25H34N2O3. The largest absolute Gasteiger partial charge is 0.481 e. The summed E-state index contributed by atoms with van der Waals surface area (Å²) in [6.07, 6.45) is 7.42. The first kappa shape index (κ1) is 21.1. The van der Waals surface area contributed by atoms with Crippen molar-refractivity contribution in [2.75, 3.05) is 32.7 Å². The number of carbonyl (C=O) groups excluding carboxylic acids is 2. The van der Waals surface area contributed by atoms with Crippen LogP contribution in [0.2, 0.25) is 0 Å². The average molecular weight is 411 g/mol. The van der Waals surface area contributed by atoms with E-state index >= 15 is 0 Å². The number of likely N-dealkylation sites (tertiary alicyclic amines) is 2. The number of ketones is 1. The number of carbonyl (C=O) groups is 2. The Morgan fingerprint density at radius 2 is 1.90 bits per heavy atom. The molecule has 3 aliphatic rings. The fourth-order valence-corrected chi connectivity index (χ4v) is 5.34. The molecule has 2 fully saturated rings. The summed E-state index contributed by atoms with van der Waals surface area (Å²) in [7, 11) is 0. The van der Waals surface area contributed by atoms with Gasteiger partial charge in [-0.1, -0.05) is 30.3 Å². The molecule has 5 nitrogen and oxygen atoms in total. The van der Waals surface area contributed by atoms with E-state index in [9.17, 15) is 9.59 Å². The van der Waals surface area contributed by atoms with Crippen molar-refractivity contribution < 1.29 is 14.3 Å². The molecular weight excluding hydrogens is 376 g/mol. The number of allylic oxidation sites excluding steroid dienone is 1. The van der Waals surface area contributed by atoms with E-state index in [1.165, 1.54) is 30.9 Å². The molecule has 2 saturated heterocycles. The van der Waals surface area contributed by atoms with Gasteiger partial charge in [0.15, 0.2) is 11.5 Å². The average Bonchev–Trinajstić information content (AvgIpc) is 3.10. The number of piperidine rings is 1. The number of ether oxygens (including phenoxy) is 1. The molecule has 1 aromatic rings. The topological polar surface area (TPSA) is 49.9 Å². The van der Waals surface area contributed by atoms with Crippen LogP contribution in [0.3, 0.4) is 0 Å². The zero-order valence-electron chi connectivity index (χ0n) is 18.4. The van der Waals surface area contributed by atoms with Gasteiger partial charge in [0.1, 0.15) is 5.60 Å². The van der Waals surface area contributed by atoms with Gasteiger partial charge in [0.05, 0.1) is 0 Å². The Hall–Kier alpha value is -2.14. The first-order valence-electron chi connectivity index (χ1n) is 11.3. The molecule has 4 rings (SSSR count). The molecule has 3 heterocycles. The summed E-state index contributed by atoms with van der Waals surface area (Å²) in [5.41, 5.74) is 0.990. The zero-order valence-corrected chi connectivity index (χ0v) is 18.4. The molecule has 5 heteroatoms. The summed E-state index contributed by atoms with van der Waals surface area (Å²) in [5.74, 6) is 0.0868. The third kappa shape index (κ3) is 4.94. The Labute approximate surface area is 180 Å². The van der Waals surface area contributed by atoms with Gasteiger partial charge in [0.2, 0.25) is 0 Å². The van der Waals surface area contributed by atoms with Crippen LogP contribution >= 0.6 is 0 Å². The predicted octanol–water partition coefficient (Wildman–Crippen LogP) is 3.59. The van der Waals surface area contributed by atoms with Gasteiger partial charge in [-0.15, -0.1) is 0 Å². The van der Waals surface area contributed by atoms with E-state index in [2.05, 4.69) is 35.2 Å². The number of rotatable bonds is 5. The van der Waals surface area contributed by atoms with Gasteiger partial charge in [0, 0.05) is 37.5 Å². The molecule has 0 aliphatic carbocycles. The van der Waals surface area contributed by atoms with Crippen molar-refractivity contribution >= 4 is 11.7 Å². The SMILES string of the molecule is CC1(C)CC(=O)C=C(C(=O)N2CCC3(CCCN(CCCc4ccccc4)C3)C2)O1. The van der Waals surface area contributed by atoms with E-state index in [0.29, 0.717) is 6.42 Å². The van der Waals surface area contributed by atoms with E-state index in [0.717, 1.165) is 45.6 Å². The summed E-state index contributed by atoms with van der Waals surface area (Å²) in [6.45, 7) is 8.59. The third-order valence-electron chi connectivity index (χ3n) is 6.74. The number of hydrogen-bond donors (Lipinski definition) is 0. The molecule has 0 bridgehead atoms. The van der Waals surface area contributed by atoms with Crippen LogP contribution in [0.5, 0.6) is 0 Å². The third-order valence-corrected chi connectivity index (χ3v) is 6.74. The molecule has 1 aromatic carbocycles. The first-order valence-corrected chi connectivity index (χ1v) is 11.3. The standard InChI is InChI=1S/C25H34N2O3/c1-24(2)17-21(28)16-22(30-24)23(29)27-15-12-25(19-27)11-7-14-26(18-25)13-6-10-20-8-4-3-5-9-20/h3-5,8-9,16H,6-7,10-15,17-19H2,1-2H3. The van der Waals surface area contributed by atoms with Crippen molar-refractivity contribution in [2.24, 2.45) is 5.41 Å². The molecule has 1 atom stereocenters. The second-order valence-corrected chi connectivity index (χ2v) is 9.96. The molecule has 1 unspecified atom stereocenters. The van der Waals surface area contributed by atoms with E-state index in [-0.39, 0.29) is 22.9 Å². The molecule has 3 aliphatic heterocycles. The van der Waals surface area contributed by atoms with Crippen LogP contribution < -0.4 is 0 Å². The molecule has 1 spiro atoms. The van der Waals surface area contributed by atoms with Crippen molar-refractivity contribution in [1.29, 1.82) is 0 Å². The Balaban J connectivity index is 1.32. The maximum Gasteiger partial charge on any atom is 0.289 e. The van der Waals surface area contributed by atoms with Gasteiger partial charge < -0.3 is 14.5 Å². The molecule has 0 aromatic heterocycles. The highest BCUT2D eigenvalue weighted by atomic mass is 16.5. The van der Waals surface area contributed by atoms with Crippen molar-refractivity contribution in [1.82, 2.24) is 9.80 Å². The minimum Gasteiger partial charge on any atom is -0.481 e. The maximum atomic E-state index is 13.0. The summed E-state index contributed by atoms with van der Waals surface area (Å²) in [5, 5.41) is 0. The van der Waals surface area contributed by atoms with Crippen LogP contribution in [0.15, 0.2) is 42.2 Å². The van der Waals surface area contributed by atoms with Gasteiger partial charge in [0.25, 0.3) is 5.91 Å². The molecule has 1 amide bonds. The van der Waals surface area contributed by atoms with Crippen LogP contribution in [0.4, 0.5) is 0 Å². The predicted molar refractivity (Wildman–Crippen MR) is 117 cm³/mol. The van der Waals surface area contributed by atoms with E-state index in [1.807, 2.05) is 18.7 Å². The summed E-state index contributed by atoms with van der Waals surface area (Å²) >= 11 is 0. The molecule has 30 heavy (non-hydrogen) atoms. The minimum atomic E-state index is -0.603. The summed E-state index contributed by atoms with van der Waals surface area (Å²) < 4.78 is 5.85. The van der Waals surface area contributed by atoms with Crippen molar-refractivity contribution in [2.45, 2.75) is 58.0 Å². The lowest BCUT2D eigenvalue weighted by atomic mass is 9.79. The number of benzene rings is 1. The monoisotopic (exact) mass is 410 g/mol. The highest BCUT2D eigenvalue weighted by molar-refractivity contribution is 6.01. The minimum absolute atomic E-state index is 0.0224. The molecule has 0 N–H and O–H groups in total. The van der Waals surface area contributed by atoms with Crippen molar-refractivity contribution in [3.63, 3.8) is 0 Å². The Morgan fingerprint density at radius 3 is 2.67 bits per heavy atom. The van der Waals surface area contributed by atoms with Gasteiger partial charge in [-0.3, -0.25) is 9.59 Å². The Morgan fingerprint density at radius 1 is 1.10 bits per heavy atom.